The van der Waals surface area contributed by atoms with Gasteiger partial charge in [0, 0.05) is 16.3 Å². The zero-order valence-electron chi connectivity index (χ0n) is 14.9. The standard InChI is InChI=1S/C21H15ClF2N2O3/c22-16-11-14(10-9-13(16)12-29-15-5-2-1-3-6-15)25-21(28)26-20(27)19-17(23)7-4-8-18(19)24/h1-11H,12H2,(H2,25,26,27,28). The highest BCUT2D eigenvalue weighted by molar-refractivity contribution is 6.31. The van der Waals surface area contributed by atoms with Crippen LogP contribution in [0.25, 0.3) is 0 Å². The first-order valence-corrected chi connectivity index (χ1v) is 8.84. The number of amides is 3. The summed E-state index contributed by atoms with van der Waals surface area (Å²) in [4.78, 5) is 23.9. The van der Waals surface area contributed by atoms with Gasteiger partial charge in [0.05, 0.1) is 0 Å². The number of benzene rings is 3. The van der Waals surface area contributed by atoms with Crippen LogP contribution in [-0.4, -0.2) is 11.9 Å². The number of nitrogens with one attached hydrogen (secondary N) is 2. The van der Waals surface area contributed by atoms with Gasteiger partial charge in [0.1, 0.15) is 29.6 Å². The lowest BCUT2D eigenvalue weighted by molar-refractivity contribution is 0.0959. The van der Waals surface area contributed by atoms with E-state index in [1.807, 2.05) is 35.6 Å². The monoisotopic (exact) mass is 416 g/mol. The van der Waals surface area contributed by atoms with Crippen molar-refractivity contribution >= 4 is 29.2 Å². The third-order valence-corrected chi connectivity index (χ3v) is 4.22. The van der Waals surface area contributed by atoms with E-state index in [1.54, 1.807) is 12.1 Å². The highest BCUT2D eigenvalue weighted by Gasteiger charge is 2.19. The van der Waals surface area contributed by atoms with Crippen LogP contribution >= 0.6 is 11.6 Å². The van der Waals surface area contributed by atoms with E-state index in [9.17, 15) is 18.4 Å². The van der Waals surface area contributed by atoms with Crippen LogP contribution in [-0.2, 0) is 6.61 Å². The van der Waals surface area contributed by atoms with Crippen LogP contribution in [0.3, 0.4) is 0 Å². The van der Waals surface area contributed by atoms with E-state index in [2.05, 4.69) is 5.32 Å². The first-order chi connectivity index (χ1) is 13.9. The lowest BCUT2D eigenvalue weighted by Gasteiger charge is -2.11. The molecule has 0 saturated heterocycles. The predicted octanol–water partition coefficient (Wildman–Crippen LogP) is 5.16. The zero-order valence-corrected chi connectivity index (χ0v) is 15.7. The highest BCUT2D eigenvalue weighted by atomic mass is 35.5. The number of hydrogen-bond donors (Lipinski definition) is 2. The molecule has 0 heterocycles. The van der Waals surface area contributed by atoms with E-state index in [0.717, 1.165) is 18.2 Å². The molecule has 0 unspecified atom stereocenters. The molecule has 3 amide bonds. The summed E-state index contributed by atoms with van der Waals surface area (Å²) in [5, 5.41) is 4.59. The molecule has 0 aliphatic heterocycles. The lowest BCUT2D eigenvalue weighted by atomic mass is 10.2. The van der Waals surface area contributed by atoms with Gasteiger partial charge in [-0.2, -0.15) is 0 Å². The largest absolute Gasteiger partial charge is 0.489 e. The second-order valence-electron chi connectivity index (χ2n) is 5.91. The Morgan fingerprint density at radius 2 is 1.62 bits per heavy atom. The number of para-hydroxylation sites is 1. The zero-order chi connectivity index (χ0) is 20.8. The van der Waals surface area contributed by atoms with E-state index in [-0.39, 0.29) is 12.3 Å². The van der Waals surface area contributed by atoms with Crippen molar-refractivity contribution in [3.05, 3.63) is 94.5 Å². The van der Waals surface area contributed by atoms with Crippen LogP contribution < -0.4 is 15.4 Å². The van der Waals surface area contributed by atoms with Crippen LogP contribution in [0.1, 0.15) is 15.9 Å². The minimum absolute atomic E-state index is 0.223. The SMILES string of the molecule is O=C(NC(=O)c1c(F)cccc1F)Nc1ccc(COc2ccccc2)c(Cl)c1. The maximum absolute atomic E-state index is 13.6. The first-order valence-electron chi connectivity index (χ1n) is 8.46. The number of anilines is 1. The molecule has 0 aromatic heterocycles. The molecular weight excluding hydrogens is 402 g/mol. The molecule has 0 aliphatic carbocycles. The maximum Gasteiger partial charge on any atom is 0.326 e. The summed E-state index contributed by atoms with van der Waals surface area (Å²) in [7, 11) is 0. The number of carbonyl (C=O) groups excluding carboxylic acids is 2. The molecular formula is C21H15ClF2N2O3. The maximum atomic E-state index is 13.6. The van der Waals surface area contributed by atoms with E-state index >= 15 is 0 Å². The fourth-order valence-corrected chi connectivity index (χ4v) is 2.70. The van der Waals surface area contributed by atoms with E-state index < -0.39 is 29.1 Å². The van der Waals surface area contributed by atoms with Gasteiger partial charge in [-0.15, -0.1) is 0 Å². The van der Waals surface area contributed by atoms with E-state index in [1.165, 1.54) is 6.07 Å². The molecule has 0 saturated carbocycles. The molecule has 3 rings (SSSR count). The molecule has 3 aromatic rings. The predicted molar refractivity (Wildman–Crippen MR) is 105 cm³/mol. The number of urea groups is 1. The smallest absolute Gasteiger partial charge is 0.326 e. The summed E-state index contributed by atoms with van der Waals surface area (Å²) in [6, 6.07) is 15.9. The van der Waals surface area contributed by atoms with Crippen LogP contribution in [0.2, 0.25) is 5.02 Å². The Balaban J connectivity index is 1.60. The Morgan fingerprint density at radius 3 is 2.28 bits per heavy atom. The van der Waals surface area contributed by atoms with Gasteiger partial charge >= 0.3 is 6.03 Å². The average molecular weight is 417 g/mol. The third-order valence-electron chi connectivity index (χ3n) is 3.87. The van der Waals surface area contributed by atoms with Crippen molar-refractivity contribution in [1.29, 1.82) is 0 Å². The van der Waals surface area contributed by atoms with Crippen LogP contribution in [0.15, 0.2) is 66.7 Å². The van der Waals surface area contributed by atoms with Gasteiger partial charge in [-0.25, -0.2) is 13.6 Å². The van der Waals surface area contributed by atoms with E-state index in [0.29, 0.717) is 16.3 Å². The molecule has 2 N–H and O–H groups in total. The Morgan fingerprint density at radius 1 is 0.931 bits per heavy atom. The molecule has 29 heavy (non-hydrogen) atoms. The first kappa shape index (κ1) is 20.3. The van der Waals surface area contributed by atoms with Crippen molar-refractivity contribution in [3.63, 3.8) is 0 Å². The third kappa shape index (κ3) is 5.30. The molecule has 0 bridgehead atoms. The quantitative estimate of drug-likeness (QED) is 0.603. The highest BCUT2D eigenvalue weighted by Crippen LogP contribution is 2.23. The molecule has 0 spiro atoms. The molecule has 0 atom stereocenters. The van der Waals surface area contributed by atoms with Crippen molar-refractivity contribution < 1.29 is 23.1 Å². The van der Waals surface area contributed by atoms with Gasteiger partial charge in [0.25, 0.3) is 5.91 Å². The molecule has 0 fully saturated rings. The van der Waals surface area contributed by atoms with Crippen molar-refractivity contribution in [2.75, 3.05) is 5.32 Å². The second-order valence-corrected chi connectivity index (χ2v) is 6.32. The number of imide groups is 1. The molecule has 0 radical (unpaired) electrons. The number of halogens is 3. The normalized spacial score (nSPS) is 10.3. The second kappa shape index (κ2) is 9.16. The summed E-state index contributed by atoms with van der Waals surface area (Å²) in [5.41, 5.74) is 0.137. The Labute approximate surface area is 170 Å². The molecule has 8 heteroatoms. The van der Waals surface area contributed by atoms with Crippen molar-refractivity contribution in [2.24, 2.45) is 0 Å². The summed E-state index contributed by atoms with van der Waals surface area (Å²) < 4.78 is 32.8. The van der Waals surface area contributed by atoms with Gasteiger partial charge < -0.3 is 10.1 Å². The fraction of sp³-hybridized carbons (Fsp3) is 0.0476. The molecule has 148 valence electrons. The number of rotatable bonds is 5. The van der Waals surface area contributed by atoms with Crippen LogP contribution in [0.4, 0.5) is 19.3 Å². The number of carbonyl (C=O) groups is 2. The molecule has 5 nitrogen and oxygen atoms in total. The topological polar surface area (TPSA) is 67.4 Å². The molecule has 3 aromatic carbocycles. The lowest BCUT2D eigenvalue weighted by Crippen LogP contribution is -2.35. The Hall–Kier alpha value is -3.45. The average Bonchev–Trinajstić information content (AvgIpc) is 2.68. The number of ether oxygens (including phenoxy) is 1. The number of hydrogen-bond acceptors (Lipinski definition) is 3. The minimum Gasteiger partial charge on any atom is -0.489 e. The van der Waals surface area contributed by atoms with Gasteiger partial charge in [-0.3, -0.25) is 10.1 Å². The van der Waals surface area contributed by atoms with Crippen molar-refractivity contribution in [2.45, 2.75) is 6.61 Å². The van der Waals surface area contributed by atoms with E-state index in [4.69, 9.17) is 16.3 Å². The summed E-state index contributed by atoms with van der Waals surface area (Å²) in [6.45, 7) is 0.223. The Bertz CT molecular complexity index is 1030. The van der Waals surface area contributed by atoms with Crippen molar-refractivity contribution in [3.8, 4) is 5.75 Å². The minimum atomic E-state index is -1.20. The summed E-state index contributed by atoms with van der Waals surface area (Å²) in [6.07, 6.45) is 0. The van der Waals surface area contributed by atoms with Crippen LogP contribution in [0.5, 0.6) is 5.75 Å². The fourth-order valence-electron chi connectivity index (χ4n) is 2.46. The van der Waals surface area contributed by atoms with Gasteiger partial charge in [0.15, 0.2) is 0 Å². The van der Waals surface area contributed by atoms with Gasteiger partial charge in [-0.1, -0.05) is 41.9 Å². The van der Waals surface area contributed by atoms with Gasteiger partial charge in [-0.05, 0) is 36.4 Å². The van der Waals surface area contributed by atoms with Crippen LogP contribution in [0, 0.1) is 11.6 Å². The summed E-state index contributed by atoms with van der Waals surface area (Å²) >= 11 is 6.20. The Kier molecular flexibility index (Phi) is 6.41. The molecule has 0 aliphatic rings. The van der Waals surface area contributed by atoms with Crippen molar-refractivity contribution in [1.82, 2.24) is 5.32 Å². The van der Waals surface area contributed by atoms with Gasteiger partial charge in [0.2, 0.25) is 0 Å². The summed E-state index contributed by atoms with van der Waals surface area (Å²) in [5.74, 6) is -2.65.